The molecule has 0 fully saturated rings. The summed E-state index contributed by atoms with van der Waals surface area (Å²) >= 11 is 0. The Morgan fingerprint density at radius 2 is 1.51 bits per heavy atom. The lowest BCUT2D eigenvalue weighted by molar-refractivity contribution is -0.148. The van der Waals surface area contributed by atoms with Crippen LogP contribution in [0.3, 0.4) is 0 Å². The van der Waals surface area contributed by atoms with Gasteiger partial charge in [0.25, 0.3) is 0 Å². The predicted octanol–water partition coefficient (Wildman–Crippen LogP) is 4.29. The fraction of sp³-hybridized carbons (Fsp3) is 0.600. The molecular weight excluding hydrogens is 490 g/mol. The molecule has 0 aromatic heterocycles. The van der Waals surface area contributed by atoms with Crippen LogP contribution in [0.25, 0.3) is 0 Å². The van der Waals surface area contributed by atoms with E-state index >= 15 is 0 Å². The number of esters is 1. The molecule has 2 N–H and O–H groups in total. The molecule has 0 saturated carbocycles. The first-order valence-corrected chi connectivity index (χ1v) is 12.1. The standard InChI is InChI=1S/C25H37NO11/c1-6-9-10-13-34-24(30)35-17(4)15-25(26,21(27)31-5)16-18-11-12-19(36-22(28)32-7-2)20(14-18)37-23(29)33-8-3/h11-12,14,17H,6-10,13,15-16,26H2,1-5H3/t17-,25?/m0/s1. The van der Waals surface area contributed by atoms with E-state index in [1.807, 2.05) is 6.92 Å². The summed E-state index contributed by atoms with van der Waals surface area (Å²) in [7, 11) is 1.18. The normalized spacial score (nSPS) is 12.9. The highest BCUT2D eigenvalue weighted by atomic mass is 16.7. The van der Waals surface area contributed by atoms with Crippen molar-refractivity contribution in [1.82, 2.24) is 0 Å². The van der Waals surface area contributed by atoms with Gasteiger partial charge >= 0.3 is 24.4 Å². The Morgan fingerprint density at radius 3 is 2.08 bits per heavy atom. The number of nitrogens with two attached hydrogens (primary N) is 1. The lowest BCUT2D eigenvalue weighted by Crippen LogP contribution is -2.53. The lowest BCUT2D eigenvalue weighted by atomic mass is 9.86. The van der Waals surface area contributed by atoms with Crippen LogP contribution in [-0.4, -0.2) is 63.0 Å². The molecule has 1 aromatic carbocycles. The maximum absolute atomic E-state index is 12.6. The molecule has 0 aliphatic rings. The van der Waals surface area contributed by atoms with Gasteiger partial charge in [-0.15, -0.1) is 0 Å². The van der Waals surface area contributed by atoms with Gasteiger partial charge in [-0.1, -0.05) is 25.8 Å². The summed E-state index contributed by atoms with van der Waals surface area (Å²) in [5.74, 6) is -1.02. The Balaban J connectivity index is 3.08. The maximum atomic E-state index is 12.6. The van der Waals surface area contributed by atoms with Crippen molar-refractivity contribution in [3.05, 3.63) is 23.8 Å². The van der Waals surface area contributed by atoms with Gasteiger partial charge in [-0.05, 0) is 44.9 Å². The van der Waals surface area contributed by atoms with E-state index in [0.717, 1.165) is 19.3 Å². The van der Waals surface area contributed by atoms with Gasteiger partial charge < -0.3 is 38.9 Å². The molecule has 0 bridgehead atoms. The van der Waals surface area contributed by atoms with Gasteiger partial charge in [0.2, 0.25) is 0 Å². The summed E-state index contributed by atoms with van der Waals surface area (Å²) in [6, 6.07) is 4.24. The summed E-state index contributed by atoms with van der Waals surface area (Å²) in [5, 5.41) is 0. The third-order valence-electron chi connectivity index (χ3n) is 4.95. The van der Waals surface area contributed by atoms with Gasteiger partial charge in [0.05, 0.1) is 26.9 Å². The number of carbonyl (C=O) groups is 4. The second kappa shape index (κ2) is 16.3. The summed E-state index contributed by atoms with van der Waals surface area (Å²) < 4.78 is 35.0. The number of hydrogen-bond donors (Lipinski definition) is 1. The number of rotatable bonds is 14. The summed E-state index contributed by atoms with van der Waals surface area (Å²) in [6.45, 7) is 7.16. The van der Waals surface area contributed by atoms with E-state index in [1.165, 1.54) is 25.3 Å². The first kappa shape index (κ1) is 31.5. The molecule has 0 heterocycles. The molecule has 1 unspecified atom stereocenters. The predicted molar refractivity (Wildman–Crippen MR) is 130 cm³/mol. The van der Waals surface area contributed by atoms with E-state index in [0.29, 0.717) is 5.56 Å². The third kappa shape index (κ3) is 11.4. The fourth-order valence-electron chi connectivity index (χ4n) is 3.36. The zero-order valence-corrected chi connectivity index (χ0v) is 22.0. The Morgan fingerprint density at radius 1 is 0.892 bits per heavy atom. The minimum Gasteiger partial charge on any atom is -0.468 e. The van der Waals surface area contributed by atoms with Crippen molar-refractivity contribution in [2.24, 2.45) is 5.73 Å². The van der Waals surface area contributed by atoms with E-state index in [2.05, 4.69) is 0 Å². The molecule has 0 radical (unpaired) electrons. The highest BCUT2D eigenvalue weighted by Gasteiger charge is 2.38. The Bertz CT molecular complexity index is 905. The minimum atomic E-state index is -1.62. The van der Waals surface area contributed by atoms with Crippen LogP contribution in [0.1, 0.15) is 58.9 Å². The third-order valence-corrected chi connectivity index (χ3v) is 4.95. The lowest BCUT2D eigenvalue weighted by Gasteiger charge is -2.29. The molecule has 12 heteroatoms. The molecule has 0 spiro atoms. The van der Waals surface area contributed by atoms with Gasteiger partial charge in [-0.25, -0.2) is 14.4 Å². The summed E-state index contributed by atoms with van der Waals surface area (Å²) in [5.41, 5.74) is 5.22. The number of unbranched alkanes of at least 4 members (excludes halogenated alkanes) is 2. The zero-order valence-electron chi connectivity index (χ0n) is 22.0. The van der Waals surface area contributed by atoms with Gasteiger partial charge in [0.1, 0.15) is 11.6 Å². The first-order chi connectivity index (χ1) is 17.6. The monoisotopic (exact) mass is 527 g/mol. The second-order valence-corrected chi connectivity index (χ2v) is 8.11. The highest BCUT2D eigenvalue weighted by molar-refractivity contribution is 5.81. The van der Waals surface area contributed by atoms with Crippen LogP contribution in [0.5, 0.6) is 11.5 Å². The van der Waals surface area contributed by atoms with Crippen LogP contribution >= 0.6 is 0 Å². The molecule has 37 heavy (non-hydrogen) atoms. The molecule has 0 aliphatic carbocycles. The Hall–Kier alpha value is -3.54. The zero-order chi connectivity index (χ0) is 27.8. The molecule has 12 nitrogen and oxygen atoms in total. The van der Waals surface area contributed by atoms with Crippen molar-refractivity contribution in [2.45, 2.75) is 71.4 Å². The molecule has 1 rings (SSSR count). The van der Waals surface area contributed by atoms with E-state index in [-0.39, 0.29) is 44.2 Å². The SMILES string of the molecule is CCCCCOC(=O)O[C@@H](C)CC(N)(Cc1ccc(OC(=O)OCC)c(OC(=O)OCC)c1)C(=O)OC. The topological polar surface area (TPSA) is 159 Å². The number of benzene rings is 1. The first-order valence-electron chi connectivity index (χ1n) is 12.1. The quantitative estimate of drug-likeness (QED) is 0.158. The van der Waals surface area contributed by atoms with Crippen molar-refractivity contribution >= 4 is 24.4 Å². The van der Waals surface area contributed by atoms with Crippen LogP contribution in [0.2, 0.25) is 0 Å². The van der Waals surface area contributed by atoms with Gasteiger partial charge in [0.15, 0.2) is 11.5 Å². The largest absolute Gasteiger partial charge is 0.513 e. The molecule has 1 aromatic rings. The van der Waals surface area contributed by atoms with E-state index in [9.17, 15) is 19.2 Å². The van der Waals surface area contributed by atoms with Gasteiger partial charge in [-0.2, -0.15) is 0 Å². The van der Waals surface area contributed by atoms with Crippen molar-refractivity contribution in [3.8, 4) is 11.5 Å². The van der Waals surface area contributed by atoms with Crippen molar-refractivity contribution in [3.63, 3.8) is 0 Å². The number of hydrogen-bond acceptors (Lipinski definition) is 12. The average Bonchev–Trinajstić information content (AvgIpc) is 2.83. The van der Waals surface area contributed by atoms with Crippen LogP contribution in [-0.2, 0) is 34.9 Å². The fourth-order valence-corrected chi connectivity index (χ4v) is 3.36. The molecule has 0 saturated heterocycles. The average molecular weight is 528 g/mol. The van der Waals surface area contributed by atoms with Crippen LogP contribution in [0.4, 0.5) is 14.4 Å². The smallest absolute Gasteiger partial charge is 0.468 e. The van der Waals surface area contributed by atoms with Gasteiger partial charge in [0, 0.05) is 12.8 Å². The summed E-state index contributed by atoms with van der Waals surface area (Å²) in [6.07, 6.45) is -1.26. The number of methoxy groups -OCH3 is 1. The summed E-state index contributed by atoms with van der Waals surface area (Å²) in [4.78, 5) is 48.3. The van der Waals surface area contributed by atoms with Crippen LogP contribution in [0.15, 0.2) is 18.2 Å². The Kier molecular flexibility index (Phi) is 13.8. The van der Waals surface area contributed by atoms with Crippen molar-refractivity contribution in [2.75, 3.05) is 26.9 Å². The molecule has 0 amide bonds. The molecule has 0 aliphatic heterocycles. The van der Waals surface area contributed by atoms with E-state index in [1.54, 1.807) is 20.8 Å². The highest BCUT2D eigenvalue weighted by Crippen LogP contribution is 2.31. The van der Waals surface area contributed by atoms with E-state index in [4.69, 9.17) is 38.9 Å². The van der Waals surface area contributed by atoms with Crippen molar-refractivity contribution < 1.29 is 52.3 Å². The van der Waals surface area contributed by atoms with Crippen LogP contribution < -0.4 is 15.2 Å². The van der Waals surface area contributed by atoms with Gasteiger partial charge in [-0.3, -0.25) is 4.79 Å². The molecule has 2 atom stereocenters. The maximum Gasteiger partial charge on any atom is 0.513 e. The molecule has 208 valence electrons. The number of carbonyl (C=O) groups excluding carboxylic acids is 4. The molecular formula is C25H37NO11. The van der Waals surface area contributed by atoms with Crippen LogP contribution in [0, 0.1) is 0 Å². The van der Waals surface area contributed by atoms with E-state index < -0.39 is 36.1 Å². The number of ether oxygens (including phenoxy) is 7. The second-order valence-electron chi connectivity index (χ2n) is 8.11. The minimum absolute atomic E-state index is 0.0553. The van der Waals surface area contributed by atoms with Crippen molar-refractivity contribution in [1.29, 1.82) is 0 Å². The Labute approximate surface area is 216 Å².